The van der Waals surface area contributed by atoms with E-state index in [2.05, 4.69) is 25.7 Å². The molecule has 0 saturated heterocycles. The van der Waals surface area contributed by atoms with Crippen LogP contribution in [0.2, 0.25) is 0 Å². The van der Waals surface area contributed by atoms with Gasteiger partial charge in [0.2, 0.25) is 0 Å². The first-order valence-corrected chi connectivity index (χ1v) is 4.83. The topological polar surface area (TPSA) is 43.1 Å². The fourth-order valence-corrected chi connectivity index (χ4v) is 1.09. The molecule has 15 heavy (non-hydrogen) atoms. The molecule has 3 nitrogen and oxygen atoms in total. The minimum Gasteiger partial charge on any atom is -0.258 e. The summed E-state index contributed by atoms with van der Waals surface area (Å²) in [4.78, 5) is 10.3. The minimum atomic E-state index is -0.403. The van der Waals surface area contributed by atoms with Crippen LogP contribution in [-0.4, -0.2) is 4.92 Å². The second-order valence-electron chi connectivity index (χ2n) is 3.67. The summed E-state index contributed by atoms with van der Waals surface area (Å²) in [5.41, 5.74) is 0.567. The van der Waals surface area contributed by atoms with E-state index in [4.69, 9.17) is 0 Å². The number of hydrogen-bond donors (Lipinski definition) is 0. The van der Waals surface area contributed by atoms with Gasteiger partial charge in [0, 0.05) is 12.5 Å². The van der Waals surface area contributed by atoms with Crippen LogP contribution in [-0.2, 0) is 0 Å². The highest BCUT2D eigenvalue weighted by Gasteiger charge is 2.09. The molecule has 0 unspecified atom stereocenters. The highest BCUT2D eigenvalue weighted by Crippen LogP contribution is 2.16. The lowest BCUT2D eigenvalue weighted by Crippen LogP contribution is -1.91. The molecule has 3 heteroatoms. The van der Waals surface area contributed by atoms with Gasteiger partial charge in [0.05, 0.1) is 4.92 Å². The third-order valence-electron chi connectivity index (χ3n) is 1.83. The number of para-hydroxylation sites is 1. The predicted molar refractivity (Wildman–Crippen MR) is 59.4 cm³/mol. The Morgan fingerprint density at radius 1 is 1.40 bits per heavy atom. The predicted octanol–water partition coefficient (Wildman–Crippen LogP) is 2.99. The normalized spacial score (nSPS) is 9.53. The molecule has 0 amide bonds. The van der Waals surface area contributed by atoms with Crippen molar-refractivity contribution in [2.75, 3.05) is 0 Å². The number of nitro benzene ring substituents is 1. The smallest absolute Gasteiger partial charge is 0.258 e. The highest BCUT2D eigenvalue weighted by molar-refractivity contribution is 5.50. The van der Waals surface area contributed by atoms with Gasteiger partial charge in [-0.25, -0.2) is 0 Å². The molecule has 0 saturated carbocycles. The molecule has 0 aliphatic carbocycles. The van der Waals surface area contributed by atoms with Crippen LogP contribution in [0.15, 0.2) is 24.3 Å². The summed E-state index contributed by atoms with van der Waals surface area (Å²) in [7, 11) is 0. The Bertz CT molecular complexity index is 413. The number of nitrogens with zero attached hydrogens (tertiary/aromatic N) is 1. The number of rotatable bonds is 2. The first kappa shape index (κ1) is 11.3. The molecule has 0 aliphatic heterocycles. The van der Waals surface area contributed by atoms with Crippen LogP contribution in [0.3, 0.4) is 0 Å². The third-order valence-corrected chi connectivity index (χ3v) is 1.83. The Hall–Kier alpha value is -1.82. The average molecular weight is 203 g/mol. The van der Waals surface area contributed by atoms with Crippen LogP contribution in [0.5, 0.6) is 0 Å². The molecule has 1 aromatic carbocycles. The molecule has 0 bridgehead atoms. The standard InChI is InChI=1S/C12H13NO2/c1-10(2)6-5-8-11-7-3-4-9-12(11)13(14)15/h3-4,7,9-10H,6H2,1-2H3. The molecule has 1 rings (SSSR count). The summed E-state index contributed by atoms with van der Waals surface area (Å²) in [5.74, 6) is 6.26. The maximum Gasteiger partial charge on any atom is 0.284 e. The number of nitro groups is 1. The first-order chi connectivity index (χ1) is 7.11. The van der Waals surface area contributed by atoms with Gasteiger partial charge in [-0.3, -0.25) is 10.1 Å². The van der Waals surface area contributed by atoms with E-state index in [1.807, 2.05) is 0 Å². The van der Waals surface area contributed by atoms with E-state index < -0.39 is 4.92 Å². The first-order valence-electron chi connectivity index (χ1n) is 4.83. The molecule has 0 atom stereocenters. The number of hydrogen-bond acceptors (Lipinski definition) is 2. The molecule has 1 aromatic rings. The molecular formula is C12H13NO2. The van der Waals surface area contributed by atoms with Crippen LogP contribution >= 0.6 is 0 Å². The van der Waals surface area contributed by atoms with Crippen LogP contribution in [0.4, 0.5) is 5.69 Å². The van der Waals surface area contributed by atoms with Gasteiger partial charge in [-0.2, -0.15) is 0 Å². The van der Waals surface area contributed by atoms with Crippen molar-refractivity contribution < 1.29 is 4.92 Å². The van der Waals surface area contributed by atoms with Gasteiger partial charge in [-0.15, -0.1) is 0 Å². The van der Waals surface area contributed by atoms with Crippen LogP contribution in [0, 0.1) is 27.9 Å². The summed E-state index contributed by atoms with van der Waals surface area (Å²) < 4.78 is 0. The van der Waals surface area contributed by atoms with E-state index in [0.717, 1.165) is 6.42 Å². The summed E-state index contributed by atoms with van der Waals surface area (Å²) >= 11 is 0. The van der Waals surface area contributed by atoms with E-state index >= 15 is 0 Å². The average Bonchev–Trinajstić information content (AvgIpc) is 2.17. The summed E-state index contributed by atoms with van der Waals surface area (Å²) in [6, 6.07) is 6.54. The lowest BCUT2D eigenvalue weighted by molar-refractivity contribution is -0.385. The summed E-state index contributed by atoms with van der Waals surface area (Å²) in [6.45, 7) is 4.13. The van der Waals surface area contributed by atoms with E-state index in [1.165, 1.54) is 6.07 Å². The van der Waals surface area contributed by atoms with Gasteiger partial charge >= 0.3 is 0 Å². The van der Waals surface area contributed by atoms with Gasteiger partial charge < -0.3 is 0 Å². The minimum absolute atomic E-state index is 0.0776. The quantitative estimate of drug-likeness (QED) is 0.421. The molecule has 0 N–H and O–H groups in total. The van der Waals surface area contributed by atoms with Crippen molar-refractivity contribution >= 4 is 5.69 Å². The van der Waals surface area contributed by atoms with Crippen molar-refractivity contribution in [2.45, 2.75) is 20.3 Å². The highest BCUT2D eigenvalue weighted by atomic mass is 16.6. The lowest BCUT2D eigenvalue weighted by atomic mass is 10.1. The number of benzene rings is 1. The molecule has 0 radical (unpaired) electrons. The molecule has 0 aromatic heterocycles. The van der Waals surface area contributed by atoms with Crippen molar-refractivity contribution in [2.24, 2.45) is 5.92 Å². The van der Waals surface area contributed by atoms with E-state index in [0.29, 0.717) is 11.5 Å². The molecule has 0 aliphatic rings. The van der Waals surface area contributed by atoms with E-state index in [-0.39, 0.29) is 5.69 Å². The Morgan fingerprint density at radius 3 is 2.67 bits per heavy atom. The van der Waals surface area contributed by atoms with Gasteiger partial charge in [-0.1, -0.05) is 37.8 Å². The fourth-order valence-electron chi connectivity index (χ4n) is 1.09. The largest absolute Gasteiger partial charge is 0.284 e. The van der Waals surface area contributed by atoms with Gasteiger partial charge in [0.15, 0.2) is 0 Å². The zero-order valence-corrected chi connectivity index (χ0v) is 8.86. The van der Waals surface area contributed by atoms with Crippen molar-refractivity contribution in [1.82, 2.24) is 0 Å². The van der Waals surface area contributed by atoms with E-state index in [1.54, 1.807) is 18.2 Å². The Balaban J connectivity index is 2.92. The zero-order chi connectivity index (χ0) is 11.3. The van der Waals surface area contributed by atoms with Gasteiger partial charge in [0.25, 0.3) is 5.69 Å². The molecular weight excluding hydrogens is 190 g/mol. The third kappa shape index (κ3) is 3.43. The van der Waals surface area contributed by atoms with Crippen molar-refractivity contribution in [3.8, 4) is 11.8 Å². The van der Waals surface area contributed by atoms with Crippen molar-refractivity contribution in [1.29, 1.82) is 0 Å². The van der Waals surface area contributed by atoms with Gasteiger partial charge in [0.1, 0.15) is 5.56 Å². The summed E-state index contributed by atoms with van der Waals surface area (Å²) in [5, 5.41) is 10.7. The van der Waals surface area contributed by atoms with Crippen LogP contribution in [0.1, 0.15) is 25.8 Å². The zero-order valence-electron chi connectivity index (χ0n) is 8.86. The second kappa shape index (κ2) is 5.16. The molecule has 78 valence electrons. The molecule has 0 heterocycles. The van der Waals surface area contributed by atoms with Gasteiger partial charge in [-0.05, 0) is 12.0 Å². The maximum atomic E-state index is 10.7. The monoisotopic (exact) mass is 203 g/mol. The maximum absolute atomic E-state index is 10.7. The second-order valence-corrected chi connectivity index (χ2v) is 3.67. The van der Waals surface area contributed by atoms with Crippen molar-refractivity contribution in [3.63, 3.8) is 0 Å². The van der Waals surface area contributed by atoms with Crippen molar-refractivity contribution in [3.05, 3.63) is 39.9 Å². The summed E-state index contributed by atoms with van der Waals surface area (Å²) in [6.07, 6.45) is 0.756. The Morgan fingerprint density at radius 2 is 2.07 bits per heavy atom. The fraction of sp³-hybridized carbons (Fsp3) is 0.333. The molecule has 0 fully saturated rings. The SMILES string of the molecule is CC(C)CC#Cc1ccccc1[N+](=O)[O-]. The Labute approximate surface area is 89.3 Å². The lowest BCUT2D eigenvalue weighted by Gasteiger charge is -1.95. The van der Waals surface area contributed by atoms with Crippen LogP contribution in [0.25, 0.3) is 0 Å². The van der Waals surface area contributed by atoms with Crippen LogP contribution < -0.4 is 0 Å². The molecule has 0 spiro atoms. The van der Waals surface area contributed by atoms with E-state index in [9.17, 15) is 10.1 Å². The Kier molecular flexibility index (Phi) is 3.87.